The predicted molar refractivity (Wildman–Crippen MR) is 53.7 cm³/mol. The molecule has 0 radical (unpaired) electrons. The van der Waals surface area contributed by atoms with Crippen LogP contribution in [0.4, 0.5) is 0 Å². The minimum atomic E-state index is -3.99. The highest BCUT2D eigenvalue weighted by Crippen LogP contribution is 2.19. The molecule has 1 rings (SSSR count). The number of carbonyl (C=O) groups excluding carboxylic acids is 1. The smallest absolute Gasteiger partial charge is 0.281 e. The maximum Gasteiger partial charge on any atom is 0.281 e. The first kappa shape index (κ1) is 12.9. The van der Waals surface area contributed by atoms with E-state index < -0.39 is 22.5 Å². The molecule has 1 heterocycles. The summed E-state index contributed by atoms with van der Waals surface area (Å²) in [5.41, 5.74) is 4.76. The summed E-state index contributed by atoms with van der Waals surface area (Å²) in [6.45, 7) is -0.575. The highest BCUT2D eigenvalue weighted by Gasteiger charge is 2.23. The zero-order chi connectivity index (χ0) is 12.3. The van der Waals surface area contributed by atoms with E-state index in [2.05, 4.69) is 9.94 Å². The van der Waals surface area contributed by atoms with E-state index in [-0.39, 0.29) is 10.0 Å². The van der Waals surface area contributed by atoms with E-state index in [4.69, 9.17) is 17.3 Å². The largest absolute Gasteiger partial charge is 0.368 e. The molecule has 1 aromatic rings. The first-order valence-electron chi connectivity index (χ1n) is 3.94. The van der Waals surface area contributed by atoms with Gasteiger partial charge in [-0.1, -0.05) is 16.5 Å². The summed E-state index contributed by atoms with van der Waals surface area (Å²) in [7, 11) is -2.59. The molecule has 0 bridgehead atoms. The minimum Gasteiger partial charge on any atom is -0.368 e. The molecule has 90 valence electrons. The normalized spacial score (nSPS) is 11.6. The van der Waals surface area contributed by atoms with Gasteiger partial charge < -0.3 is 5.73 Å². The Kier molecular flexibility index (Phi) is 3.86. The van der Waals surface area contributed by atoms with E-state index in [0.29, 0.717) is 0 Å². The molecule has 3 N–H and O–H groups in total. The van der Waals surface area contributed by atoms with Crippen LogP contribution in [0.2, 0.25) is 5.02 Å². The van der Waals surface area contributed by atoms with Gasteiger partial charge in [0, 0.05) is 7.05 Å². The molecular formula is C6H9ClN4O4S. The van der Waals surface area contributed by atoms with Gasteiger partial charge in [0.15, 0.2) is 5.03 Å². The van der Waals surface area contributed by atoms with E-state index in [1.807, 2.05) is 0 Å². The van der Waals surface area contributed by atoms with Gasteiger partial charge in [-0.05, 0) is 0 Å². The van der Waals surface area contributed by atoms with Crippen LogP contribution in [0, 0.1) is 0 Å². The molecule has 1 amide bonds. The van der Waals surface area contributed by atoms with Gasteiger partial charge in [-0.15, -0.1) is 0 Å². The predicted octanol–water partition coefficient (Wildman–Crippen LogP) is -1.23. The van der Waals surface area contributed by atoms with Crippen LogP contribution in [0.25, 0.3) is 0 Å². The number of amides is 1. The van der Waals surface area contributed by atoms with Crippen molar-refractivity contribution in [3.63, 3.8) is 0 Å². The van der Waals surface area contributed by atoms with Gasteiger partial charge in [0.2, 0.25) is 5.91 Å². The van der Waals surface area contributed by atoms with Crippen LogP contribution >= 0.6 is 11.6 Å². The third kappa shape index (κ3) is 2.92. The topological polar surface area (TPSA) is 116 Å². The Morgan fingerprint density at radius 3 is 2.81 bits per heavy atom. The van der Waals surface area contributed by atoms with Gasteiger partial charge in [0.25, 0.3) is 10.0 Å². The number of halogens is 1. The number of hydrogen-bond donors (Lipinski definition) is 2. The Hall–Kier alpha value is -1.16. The van der Waals surface area contributed by atoms with Gasteiger partial charge >= 0.3 is 0 Å². The standard InChI is InChI=1S/C6H9ClN4O4S/c1-11-6(4(7)2-9-11)16(13,14)10-15-3-5(8)12/h2,10H,3H2,1H3,(H2,8,12). The van der Waals surface area contributed by atoms with Crippen molar-refractivity contribution in [2.45, 2.75) is 5.03 Å². The van der Waals surface area contributed by atoms with Crippen molar-refractivity contribution >= 4 is 27.5 Å². The molecule has 0 saturated carbocycles. The van der Waals surface area contributed by atoms with Crippen LogP contribution in [-0.2, 0) is 26.7 Å². The highest BCUT2D eigenvalue weighted by molar-refractivity contribution is 7.89. The van der Waals surface area contributed by atoms with Crippen molar-refractivity contribution in [1.82, 2.24) is 14.7 Å². The zero-order valence-corrected chi connectivity index (χ0v) is 9.75. The SMILES string of the molecule is Cn1ncc(Cl)c1S(=O)(=O)NOCC(N)=O. The first-order chi connectivity index (χ1) is 7.34. The second kappa shape index (κ2) is 4.78. The summed E-state index contributed by atoms with van der Waals surface area (Å²) >= 11 is 5.62. The van der Waals surface area contributed by atoms with Crippen LogP contribution in [0.5, 0.6) is 0 Å². The van der Waals surface area contributed by atoms with Gasteiger partial charge in [0.1, 0.15) is 6.61 Å². The van der Waals surface area contributed by atoms with Crippen molar-refractivity contribution in [2.24, 2.45) is 12.8 Å². The summed E-state index contributed by atoms with van der Waals surface area (Å²) in [5.74, 6) is -0.807. The van der Waals surface area contributed by atoms with Gasteiger partial charge in [-0.25, -0.2) is 8.42 Å². The van der Waals surface area contributed by atoms with Crippen molar-refractivity contribution in [3.05, 3.63) is 11.2 Å². The number of carbonyl (C=O) groups is 1. The van der Waals surface area contributed by atoms with Crippen LogP contribution < -0.4 is 10.6 Å². The lowest BCUT2D eigenvalue weighted by molar-refractivity contribution is -0.123. The Balaban J connectivity index is 2.83. The monoisotopic (exact) mass is 268 g/mol. The number of sulfonamides is 1. The molecule has 10 heteroatoms. The Morgan fingerprint density at radius 1 is 1.75 bits per heavy atom. The Labute approximate surface area is 96.3 Å². The lowest BCUT2D eigenvalue weighted by atomic mass is 10.7. The van der Waals surface area contributed by atoms with Crippen molar-refractivity contribution in [1.29, 1.82) is 0 Å². The number of primary amides is 1. The number of rotatable bonds is 5. The molecule has 0 aromatic carbocycles. The third-order valence-electron chi connectivity index (χ3n) is 1.48. The Bertz CT molecular complexity index is 477. The summed E-state index contributed by atoms with van der Waals surface area (Å²) in [6, 6.07) is 0. The molecule has 16 heavy (non-hydrogen) atoms. The highest BCUT2D eigenvalue weighted by atomic mass is 35.5. The molecule has 0 aliphatic carbocycles. The van der Waals surface area contributed by atoms with E-state index in [9.17, 15) is 13.2 Å². The van der Waals surface area contributed by atoms with Gasteiger partial charge in [-0.3, -0.25) is 14.3 Å². The number of nitrogens with zero attached hydrogens (tertiary/aromatic N) is 2. The van der Waals surface area contributed by atoms with Crippen LogP contribution in [0.3, 0.4) is 0 Å². The average molecular weight is 269 g/mol. The molecule has 8 nitrogen and oxygen atoms in total. The third-order valence-corrected chi connectivity index (χ3v) is 3.20. The molecular weight excluding hydrogens is 260 g/mol. The zero-order valence-electron chi connectivity index (χ0n) is 8.18. The average Bonchev–Trinajstić information content (AvgIpc) is 2.45. The van der Waals surface area contributed by atoms with E-state index in [1.54, 1.807) is 4.89 Å². The molecule has 0 aliphatic rings. The fourth-order valence-corrected chi connectivity index (χ4v) is 2.39. The molecule has 0 fully saturated rings. The number of aryl methyl sites for hydroxylation is 1. The van der Waals surface area contributed by atoms with Crippen LogP contribution in [0.15, 0.2) is 11.2 Å². The summed E-state index contributed by atoms with van der Waals surface area (Å²) in [6.07, 6.45) is 1.17. The summed E-state index contributed by atoms with van der Waals surface area (Å²) in [5, 5.41) is 3.32. The maximum absolute atomic E-state index is 11.6. The van der Waals surface area contributed by atoms with Crippen molar-refractivity contribution in [2.75, 3.05) is 6.61 Å². The first-order valence-corrected chi connectivity index (χ1v) is 5.80. The van der Waals surface area contributed by atoms with Crippen molar-refractivity contribution in [3.8, 4) is 0 Å². The van der Waals surface area contributed by atoms with Crippen LogP contribution in [-0.4, -0.2) is 30.7 Å². The molecule has 0 aliphatic heterocycles. The molecule has 0 unspecified atom stereocenters. The lowest BCUT2D eigenvalue weighted by Gasteiger charge is -2.06. The van der Waals surface area contributed by atoms with Gasteiger partial charge in [-0.2, -0.15) is 5.10 Å². The summed E-state index contributed by atoms with van der Waals surface area (Å²) < 4.78 is 24.2. The van der Waals surface area contributed by atoms with E-state index in [0.717, 1.165) is 4.68 Å². The second-order valence-corrected chi connectivity index (χ2v) is 4.73. The molecule has 1 aromatic heterocycles. The minimum absolute atomic E-state index is 0.0577. The fraction of sp³-hybridized carbons (Fsp3) is 0.333. The maximum atomic E-state index is 11.6. The number of aromatic nitrogens is 2. The molecule has 0 spiro atoms. The lowest BCUT2D eigenvalue weighted by Crippen LogP contribution is -2.30. The van der Waals surface area contributed by atoms with E-state index in [1.165, 1.54) is 13.2 Å². The quantitative estimate of drug-likeness (QED) is 0.649. The molecule has 0 saturated heterocycles. The number of nitrogens with two attached hydrogens (primary N) is 1. The van der Waals surface area contributed by atoms with E-state index >= 15 is 0 Å². The Morgan fingerprint density at radius 2 is 2.38 bits per heavy atom. The fourth-order valence-electron chi connectivity index (χ4n) is 0.919. The number of nitrogens with one attached hydrogen (secondary N) is 1. The second-order valence-electron chi connectivity index (χ2n) is 2.76. The molecule has 0 atom stereocenters. The number of hydrogen-bond acceptors (Lipinski definition) is 5. The van der Waals surface area contributed by atoms with Gasteiger partial charge in [0.05, 0.1) is 11.2 Å². The van der Waals surface area contributed by atoms with Crippen molar-refractivity contribution < 1.29 is 18.0 Å². The van der Waals surface area contributed by atoms with Crippen LogP contribution in [0.1, 0.15) is 0 Å². The summed E-state index contributed by atoms with van der Waals surface area (Å²) in [4.78, 5) is 16.4.